The summed E-state index contributed by atoms with van der Waals surface area (Å²) in [6.45, 7) is -0.708. The molecule has 1 fully saturated rings. The van der Waals surface area contributed by atoms with E-state index >= 15 is 0 Å². The number of aliphatic hydroxyl groups is 6. The first-order valence-corrected chi connectivity index (χ1v) is 10.2. The molecule has 194 valence electrons. The fourth-order valence-corrected chi connectivity index (χ4v) is 3.77. The lowest BCUT2D eigenvalue weighted by atomic mass is 9.74. The molecule has 2 aliphatic rings. The number of hydrogen-bond donors (Lipinski definition) is 8. The van der Waals surface area contributed by atoms with Crippen molar-refractivity contribution in [1.29, 1.82) is 0 Å². The summed E-state index contributed by atoms with van der Waals surface area (Å²) in [5.41, 5.74) is -2.24. The van der Waals surface area contributed by atoms with Gasteiger partial charge in [-0.3, -0.25) is 4.79 Å². The highest BCUT2D eigenvalue weighted by Gasteiger charge is 2.56. The van der Waals surface area contributed by atoms with Crippen molar-refractivity contribution in [3.63, 3.8) is 0 Å². The van der Waals surface area contributed by atoms with Crippen molar-refractivity contribution >= 4 is 11.9 Å². The zero-order chi connectivity index (χ0) is 26.5. The van der Waals surface area contributed by atoms with Crippen LogP contribution in [0, 0.1) is 5.92 Å². The Balaban J connectivity index is 0.000000283. The SMILES string of the molecule is COc1cccc(OC)c1C(=O)O.O=C(O)C1C=C(O)C=CC1(O)C1O[C@H](CO)[C@@H](O)[C@H](O)[C@H]1O. The first-order chi connectivity index (χ1) is 16.4. The normalized spacial score (nSPS) is 32.0. The summed E-state index contributed by atoms with van der Waals surface area (Å²) in [6, 6.07) is 4.82. The number of aromatic carboxylic acids is 1. The maximum Gasteiger partial charge on any atom is 0.343 e. The zero-order valence-electron chi connectivity index (χ0n) is 18.8. The number of carboxylic acids is 2. The van der Waals surface area contributed by atoms with Crippen LogP contribution in [0.3, 0.4) is 0 Å². The van der Waals surface area contributed by atoms with Crippen LogP contribution in [0.25, 0.3) is 0 Å². The molecule has 3 rings (SSSR count). The van der Waals surface area contributed by atoms with Gasteiger partial charge in [0.2, 0.25) is 0 Å². The Morgan fingerprint density at radius 3 is 2.06 bits per heavy atom. The largest absolute Gasteiger partial charge is 0.508 e. The van der Waals surface area contributed by atoms with E-state index in [1.807, 2.05) is 0 Å². The summed E-state index contributed by atoms with van der Waals surface area (Å²) >= 11 is 0. The fourth-order valence-electron chi connectivity index (χ4n) is 3.77. The van der Waals surface area contributed by atoms with Gasteiger partial charge < -0.3 is 55.1 Å². The topological polar surface area (TPSA) is 224 Å². The maximum absolute atomic E-state index is 11.3. The van der Waals surface area contributed by atoms with Gasteiger partial charge in [0.1, 0.15) is 64.9 Å². The summed E-state index contributed by atoms with van der Waals surface area (Å²) in [5.74, 6) is -4.00. The molecule has 3 unspecified atom stereocenters. The van der Waals surface area contributed by atoms with Crippen LogP contribution in [0.1, 0.15) is 10.4 Å². The number of aliphatic carboxylic acids is 1. The average molecular weight is 500 g/mol. The van der Waals surface area contributed by atoms with E-state index in [1.165, 1.54) is 14.2 Å². The number of aliphatic hydroxyl groups excluding tert-OH is 5. The van der Waals surface area contributed by atoms with Crippen molar-refractivity contribution in [2.75, 3.05) is 20.8 Å². The van der Waals surface area contributed by atoms with Crippen molar-refractivity contribution in [3.05, 3.63) is 47.7 Å². The first-order valence-electron chi connectivity index (χ1n) is 10.2. The number of rotatable bonds is 6. The van der Waals surface area contributed by atoms with Gasteiger partial charge in [-0.05, 0) is 30.4 Å². The van der Waals surface area contributed by atoms with Crippen LogP contribution in [-0.2, 0) is 9.53 Å². The van der Waals surface area contributed by atoms with E-state index in [9.17, 15) is 40.2 Å². The van der Waals surface area contributed by atoms with E-state index in [0.29, 0.717) is 11.5 Å². The van der Waals surface area contributed by atoms with Gasteiger partial charge in [-0.1, -0.05) is 6.07 Å². The van der Waals surface area contributed by atoms with Crippen molar-refractivity contribution in [2.24, 2.45) is 5.92 Å². The number of benzene rings is 1. The van der Waals surface area contributed by atoms with Crippen LogP contribution < -0.4 is 9.47 Å². The minimum absolute atomic E-state index is 0.0486. The van der Waals surface area contributed by atoms with Crippen LogP contribution >= 0.6 is 0 Å². The molecular formula is C22H28O13. The monoisotopic (exact) mass is 500 g/mol. The molecule has 0 amide bonds. The Labute approximate surface area is 199 Å². The molecule has 13 heteroatoms. The highest BCUT2D eigenvalue weighted by molar-refractivity contribution is 5.94. The smallest absolute Gasteiger partial charge is 0.343 e. The summed E-state index contributed by atoms with van der Waals surface area (Å²) < 4.78 is 15.0. The minimum atomic E-state index is -2.29. The fraction of sp³-hybridized carbons (Fsp3) is 0.455. The molecule has 1 aliphatic heterocycles. The molecule has 0 spiro atoms. The summed E-state index contributed by atoms with van der Waals surface area (Å²) in [6.07, 6.45) is -5.26. The number of allylic oxidation sites excluding steroid dienone is 1. The molecule has 0 saturated carbocycles. The van der Waals surface area contributed by atoms with E-state index in [0.717, 1.165) is 18.2 Å². The molecule has 1 heterocycles. The molecule has 0 radical (unpaired) electrons. The van der Waals surface area contributed by atoms with Crippen molar-refractivity contribution < 1.29 is 64.7 Å². The predicted octanol–water partition coefficient (Wildman–Crippen LogP) is -1.33. The van der Waals surface area contributed by atoms with Gasteiger partial charge >= 0.3 is 11.9 Å². The maximum atomic E-state index is 11.3. The molecule has 0 aromatic heterocycles. The Hall–Kier alpha value is -3.20. The third-order valence-corrected chi connectivity index (χ3v) is 5.61. The van der Waals surface area contributed by atoms with E-state index in [-0.39, 0.29) is 11.3 Å². The van der Waals surface area contributed by atoms with Crippen LogP contribution in [0.4, 0.5) is 0 Å². The highest BCUT2D eigenvalue weighted by Crippen LogP contribution is 2.37. The molecule has 35 heavy (non-hydrogen) atoms. The van der Waals surface area contributed by atoms with Gasteiger partial charge in [0.15, 0.2) is 0 Å². The molecule has 8 N–H and O–H groups in total. The van der Waals surface area contributed by atoms with Crippen LogP contribution in [-0.4, -0.2) is 110 Å². The third kappa shape index (κ3) is 5.73. The Kier molecular flexibility index (Phi) is 9.20. The molecule has 1 aromatic rings. The molecule has 7 atom stereocenters. The molecule has 13 nitrogen and oxygen atoms in total. The van der Waals surface area contributed by atoms with Crippen molar-refractivity contribution in [3.8, 4) is 11.5 Å². The summed E-state index contributed by atoms with van der Waals surface area (Å²) in [7, 11) is 2.84. The Bertz CT molecular complexity index is 950. The first kappa shape index (κ1) is 28.0. The third-order valence-electron chi connectivity index (χ3n) is 5.61. The lowest BCUT2D eigenvalue weighted by molar-refractivity contribution is -0.267. The number of hydrogen-bond acceptors (Lipinski definition) is 11. The number of methoxy groups -OCH3 is 2. The molecule has 0 bridgehead atoms. The van der Waals surface area contributed by atoms with Crippen molar-refractivity contribution in [1.82, 2.24) is 0 Å². The second kappa shape index (κ2) is 11.5. The van der Waals surface area contributed by atoms with Crippen molar-refractivity contribution in [2.45, 2.75) is 36.1 Å². The standard InChI is InChI=1S/C13H18O9.C9H10O4/c14-4-7-8(16)9(17)10(18)11(22-7)13(21)2-1-5(15)3-6(13)12(19)20;1-12-6-4-3-5-7(13-2)8(6)9(10)11/h1-3,6-11,14-18,21H,4H2,(H,19,20);3-5H,1-2H3,(H,10,11)/t6?,7-,8-,9+,10-,11?,13?;/m1./s1. The van der Waals surface area contributed by atoms with Gasteiger partial charge in [-0.25, -0.2) is 4.79 Å². The van der Waals surface area contributed by atoms with Gasteiger partial charge in [0, 0.05) is 0 Å². The number of ether oxygens (including phenoxy) is 3. The quantitative estimate of drug-likeness (QED) is 0.227. The second-order valence-corrected chi connectivity index (χ2v) is 7.72. The number of carbonyl (C=O) groups is 2. The average Bonchev–Trinajstić information content (AvgIpc) is 2.83. The Morgan fingerprint density at radius 1 is 1.03 bits per heavy atom. The van der Waals surface area contributed by atoms with Gasteiger partial charge in [-0.2, -0.15) is 0 Å². The molecule has 1 aliphatic carbocycles. The van der Waals surface area contributed by atoms with Gasteiger partial charge in [-0.15, -0.1) is 0 Å². The Morgan fingerprint density at radius 2 is 1.60 bits per heavy atom. The van der Waals surface area contributed by atoms with Crippen LogP contribution in [0.5, 0.6) is 11.5 Å². The van der Waals surface area contributed by atoms with E-state index in [1.54, 1.807) is 18.2 Å². The van der Waals surface area contributed by atoms with Crippen LogP contribution in [0.15, 0.2) is 42.2 Å². The van der Waals surface area contributed by atoms with Gasteiger partial charge in [0.25, 0.3) is 0 Å². The molecule has 1 saturated heterocycles. The van der Waals surface area contributed by atoms with Crippen LogP contribution in [0.2, 0.25) is 0 Å². The predicted molar refractivity (Wildman–Crippen MR) is 116 cm³/mol. The molecule has 1 aromatic carbocycles. The minimum Gasteiger partial charge on any atom is -0.508 e. The highest BCUT2D eigenvalue weighted by atomic mass is 16.6. The summed E-state index contributed by atoms with van der Waals surface area (Å²) in [5, 5.41) is 76.7. The number of carboxylic acid groups (broad SMARTS) is 2. The van der Waals surface area contributed by atoms with E-state index < -0.39 is 60.6 Å². The molecular weight excluding hydrogens is 472 g/mol. The lowest BCUT2D eigenvalue weighted by Gasteiger charge is -2.47. The van der Waals surface area contributed by atoms with E-state index in [4.69, 9.17) is 24.4 Å². The second-order valence-electron chi connectivity index (χ2n) is 7.72. The van der Waals surface area contributed by atoms with Gasteiger partial charge in [0.05, 0.1) is 20.8 Å². The lowest BCUT2D eigenvalue weighted by Crippen LogP contribution is -2.67. The van der Waals surface area contributed by atoms with E-state index in [2.05, 4.69) is 0 Å². The zero-order valence-corrected chi connectivity index (χ0v) is 18.8. The summed E-state index contributed by atoms with van der Waals surface area (Å²) in [4.78, 5) is 22.1.